The van der Waals surface area contributed by atoms with Crippen molar-refractivity contribution in [3.8, 4) is 5.75 Å². The van der Waals surface area contributed by atoms with Crippen LogP contribution in [0.4, 0.5) is 10.1 Å². The van der Waals surface area contributed by atoms with E-state index in [0.29, 0.717) is 43.2 Å². The number of hydrogen-bond acceptors (Lipinski definition) is 7. The Hall–Kier alpha value is -2.07. The third-order valence-electron chi connectivity index (χ3n) is 6.43. The van der Waals surface area contributed by atoms with E-state index in [1.165, 1.54) is 0 Å². The lowest BCUT2D eigenvalue weighted by atomic mass is 9.96. The average molecular weight is 449 g/mol. The van der Waals surface area contributed by atoms with Crippen molar-refractivity contribution in [3.05, 3.63) is 34.0 Å². The number of ether oxygens (including phenoxy) is 2. The lowest BCUT2D eigenvalue weighted by Gasteiger charge is -2.29. The Morgan fingerprint density at radius 3 is 3.06 bits per heavy atom. The van der Waals surface area contributed by atoms with E-state index in [9.17, 15) is 4.91 Å². The van der Waals surface area contributed by atoms with Crippen LogP contribution in [0.3, 0.4) is 0 Å². The van der Waals surface area contributed by atoms with Crippen LogP contribution in [0.5, 0.6) is 5.75 Å². The second-order valence-electron chi connectivity index (χ2n) is 8.97. The summed E-state index contributed by atoms with van der Waals surface area (Å²) in [4.78, 5) is 15.2. The number of rotatable bonds is 7. The maximum atomic E-state index is 15.9. The zero-order valence-electron chi connectivity index (χ0n) is 19.2. The number of likely N-dealkylation sites (N-methyl/N-ethyl adjacent to an activating group) is 1. The first-order chi connectivity index (χ1) is 15.5. The van der Waals surface area contributed by atoms with Gasteiger partial charge in [0, 0.05) is 49.6 Å². The van der Waals surface area contributed by atoms with Crippen molar-refractivity contribution in [2.45, 2.75) is 51.1 Å². The Morgan fingerprint density at radius 2 is 2.25 bits per heavy atom. The molecule has 176 valence electrons. The summed E-state index contributed by atoms with van der Waals surface area (Å²) in [7, 11) is 3.70. The first-order valence-electron chi connectivity index (χ1n) is 11.5. The molecule has 0 aliphatic carbocycles. The van der Waals surface area contributed by atoms with Crippen LogP contribution in [0, 0.1) is 10.7 Å². The van der Waals surface area contributed by atoms with Gasteiger partial charge in [-0.15, -0.1) is 0 Å². The summed E-state index contributed by atoms with van der Waals surface area (Å²) in [5, 5.41) is 9.63. The van der Waals surface area contributed by atoms with Crippen molar-refractivity contribution < 1.29 is 18.6 Å². The molecule has 3 N–H and O–H groups in total. The van der Waals surface area contributed by atoms with Gasteiger partial charge in [0.1, 0.15) is 5.75 Å². The van der Waals surface area contributed by atoms with Crippen LogP contribution < -0.4 is 20.7 Å². The number of methoxy groups -OCH3 is 1. The third kappa shape index (κ3) is 4.96. The molecule has 0 saturated carbocycles. The van der Waals surface area contributed by atoms with Gasteiger partial charge in [0.25, 0.3) is 6.17 Å². The minimum absolute atomic E-state index is 0.0955. The molecule has 0 amide bonds. The van der Waals surface area contributed by atoms with E-state index in [1.807, 2.05) is 6.92 Å². The average Bonchev–Trinajstić information content (AvgIpc) is 3.12. The molecule has 1 aromatic carbocycles. The molecule has 3 heterocycles. The van der Waals surface area contributed by atoms with Crippen LogP contribution in [-0.4, -0.2) is 75.2 Å². The van der Waals surface area contributed by atoms with Crippen molar-refractivity contribution in [1.82, 2.24) is 15.5 Å². The SMILES string of the molecule is COCCNC1CC(C)NC(Nc2cc3c(c(C4=CCN(C)CCC4)c2F)OCC3)[N+]1=O. The Morgan fingerprint density at radius 1 is 1.41 bits per heavy atom. The van der Waals surface area contributed by atoms with Crippen molar-refractivity contribution >= 4 is 11.3 Å². The van der Waals surface area contributed by atoms with Crippen LogP contribution in [0.25, 0.3) is 5.57 Å². The van der Waals surface area contributed by atoms with Gasteiger partial charge in [-0.3, -0.25) is 5.32 Å². The number of allylic oxidation sites excluding steroid dienone is 1. The van der Waals surface area contributed by atoms with Gasteiger partial charge >= 0.3 is 6.29 Å². The number of nitrogens with one attached hydrogen (secondary N) is 3. The predicted octanol–water partition coefficient (Wildman–Crippen LogP) is 2.29. The molecule has 3 aliphatic rings. The van der Waals surface area contributed by atoms with Gasteiger partial charge in [-0.1, -0.05) is 6.08 Å². The number of nitrogens with zero attached hydrogens (tertiary/aromatic N) is 2. The minimum Gasteiger partial charge on any atom is -0.492 e. The van der Waals surface area contributed by atoms with E-state index < -0.39 is 6.29 Å². The van der Waals surface area contributed by atoms with Crippen molar-refractivity contribution in [1.29, 1.82) is 0 Å². The summed E-state index contributed by atoms with van der Waals surface area (Å²) in [5.74, 6) is 0.311. The Balaban J connectivity index is 1.61. The van der Waals surface area contributed by atoms with Gasteiger partial charge in [0.05, 0.1) is 29.2 Å². The van der Waals surface area contributed by atoms with Crippen molar-refractivity contribution in [2.75, 3.05) is 52.3 Å². The molecule has 9 heteroatoms. The molecule has 4 rings (SSSR count). The molecule has 8 nitrogen and oxygen atoms in total. The highest BCUT2D eigenvalue weighted by Gasteiger charge is 2.41. The van der Waals surface area contributed by atoms with E-state index in [1.54, 1.807) is 13.2 Å². The second kappa shape index (κ2) is 10.2. The molecule has 0 radical (unpaired) electrons. The van der Waals surface area contributed by atoms with Crippen LogP contribution in [0.1, 0.15) is 37.3 Å². The Kier molecular flexibility index (Phi) is 7.40. The lowest BCUT2D eigenvalue weighted by molar-refractivity contribution is -0.637. The summed E-state index contributed by atoms with van der Waals surface area (Å²) in [6, 6.07) is 1.89. The zero-order valence-corrected chi connectivity index (χ0v) is 19.2. The highest BCUT2D eigenvalue weighted by Crippen LogP contribution is 2.41. The number of hydrogen-bond donors (Lipinski definition) is 3. The smallest absolute Gasteiger partial charge is 0.335 e. The predicted molar refractivity (Wildman–Crippen MR) is 122 cm³/mol. The number of halogens is 1. The van der Waals surface area contributed by atoms with E-state index in [0.717, 1.165) is 48.2 Å². The Labute approximate surface area is 189 Å². The summed E-state index contributed by atoms with van der Waals surface area (Å²) in [6.45, 7) is 5.45. The molecular weight excluding hydrogens is 413 g/mol. The monoisotopic (exact) mass is 448 g/mol. The Bertz CT molecular complexity index is 878. The maximum absolute atomic E-state index is 15.9. The molecule has 3 aliphatic heterocycles. The number of anilines is 1. The van der Waals surface area contributed by atoms with Crippen LogP contribution in [0.2, 0.25) is 0 Å². The minimum atomic E-state index is -0.740. The second-order valence-corrected chi connectivity index (χ2v) is 8.97. The molecule has 32 heavy (non-hydrogen) atoms. The van der Waals surface area contributed by atoms with Gasteiger partial charge in [0.2, 0.25) is 0 Å². The first-order valence-corrected chi connectivity index (χ1v) is 11.5. The van der Waals surface area contributed by atoms with Gasteiger partial charge in [-0.25, -0.2) is 9.71 Å². The molecule has 0 bridgehead atoms. The van der Waals surface area contributed by atoms with E-state index in [4.69, 9.17) is 9.47 Å². The standard InChI is InChI=1S/C23H35FN5O3/c1-15-13-19(25-8-12-31-3)29(30)23(26-15)27-18-14-17-7-11-32-22(17)20(21(18)24)16-5-4-9-28(2)10-6-16/h6,14-15,19,23,25-27H,4-5,7-13H2,1-3H3/q+1. The molecule has 0 spiro atoms. The van der Waals surface area contributed by atoms with Gasteiger partial charge in [-0.2, -0.15) is 0 Å². The fraction of sp³-hybridized carbons (Fsp3) is 0.652. The molecule has 1 saturated heterocycles. The van der Waals surface area contributed by atoms with Crippen LogP contribution in [-0.2, 0) is 11.2 Å². The van der Waals surface area contributed by atoms with E-state index in [2.05, 4.69) is 34.0 Å². The highest BCUT2D eigenvalue weighted by atomic mass is 19.1. The highest BCUT2D eigenvalue weighted by molar-refractivity contribution is 5.77. The lowest BCUT2D eigenvalue weighted by Crippen LogP contribution is -2.61. The normalized spacial score (nSPS) is 26.3. The van der Waals surface area contributed by atoms with Crippen LogP contribution in [0.15, 0.2) is 12.1 Å². The van der Waals surface area contributed by atoms with E-state index in [-0.39, 0.29) is 18.0 Å². The fourth-order valence-electron chi connectivity index (χ4n) is 4.71. The molecule has 3 unspecified atom stereocenters. The summed E-state index contributed by atoms with van der Waals surface area (Å²) >= 11 is 0. The topological polar surface area (TPSA) is 77.9 Å². The number of nitroso groups, excluding NO2 is 1. The summed E-state index contributed by atoms with van der Waals surface area (Å²) in [5.41, 5.74) is 2.86. The van der Waals surface area contributed by atoms with Gasteiger partial charge in [-0.05, 0) is 45.0 Å². The quantitative estimate of drug-likeness (QED) is 0.436. The largest absolute Gasteiger partial charge is 0.492 e. The first kappa shape index (κ1) is 23.1. The molecule has 3 atom stereocenters. The third-order valence-corrected chi connectivity index (χ3v) is 6.43. The van der Waals surface area contributed by atoms with Gasteiger partial charge in [0.15, 0.2) is 5.82 Å². The number of fused-ring (bicyclic) bond motifs is 1. The zero-order chi connectivity index (χ0) is 22.7. The number of benzene rings is 1. The van der Waals surface area contributed by atoms with Gasteiger partial charge < -0.3 is 19.7 Å². The fourth-order valence-corrected chi connectivity index (χ4v) is 4.71. The van der Waals surface area contributed by atoms with Crippen molar-refractivity contribution in [2.24, 2.45) is 0 Å². The molecule has 1 fully saturated rings. The van der Waals surface area contributed by atoms with E-state index >= 15 is 4.39 Å². The summed E-state index contributed by atoms with van der Waals surface area (Å²) < 4.78 is 27.8. The molecular formula is C23H35FN5O3+. The van der Waals surface area contributed by atoms with Crippen LogP contribution >= 0.6 is 0 Å². The maximum Gasteiger partial charge on any atom is 0.335 e. The molecule has 1 aromatic rings. The van der Waals surface area contributed by atoms with Crippen molar-refractivity contribution in [3.63, 3.8) is 0 Å². The molecule has 0 aromatic heterocycles. The summed E-state index contributed by atoms with van der Waals surface area (Å²) in [6.07, 6.45) is 4.15.